The summed E-state index contributed by atoms with van der Waals surface area (Å²) >= 11 is 0. The third-order valence-corrected chi connectivity index (χ3v) is 4.59. The van der Waals surface area contributed by atoms with Crippen LogP contribution in [-0.4, -0.2) is 36.9 Å². The molecule has 1 saturated carbocycles. The molecule has 0 bridgehead atoms. The molecule has 4 nitrogen and oxygen atoms in total. The molecule has 7 heteroatoms. The minimum absolute atomic E-state index is 0.0954. The van der Waals surface area contributed by atoms with E-state index in [0.717, 1.165) is 12.8 Å². The third-order valence-electron chi connectivity index (χ3n) is 4.59. The van der Waals surface area contributed by atoms with Gasteiger partial charge >= 0.3 is 0 Å². The first kappa shape index (κ1) is 16.3. The van der Waals surface area contributed by atoms with Gasteiger partial charge in [-0.1, -0.05) is 0 Å². The summed E-state index contributed by atoms with van der Waals surface area (Å²) in [4.78, 5) is 12.2. The molecule has 0 radical (unpaired) electrons. The highest BCUT2D eigenvalue weighted by molar-refractivity contribution is 5.94. The van der Waals surface area contributed by atoms with E-state index in [2.05, 4.69) is 5.32 Å². The van der Waals surface area contributed by atoms with Crippen molar-refractivity contribution in [1.29, 1.82) is 0 Å². The van der Waals surface area contributed by atoms with Crippen molar-refractivity contribution in [2.75, 3.05) is 13.2 Å². The zero-order valence-electron chi connectivity index (χ0n) is 12.7. The molecule has 1 amide bonds. The molecule has 1 aliphatic carbocycles. The molecule has 0 aromatic heterocycles. The van der Waals surface area contributed by atoms with Crippen molar-refractivity contribution in [3.05, 3.63) is 35.1 Å². The molecule has 1 heterocycles. The average molecular weight is 329 g/mol. The van der Waals surface area contributed by atoms with Crippen molar-refractivity contribution >= 4 is 5.91 Å². The van der Waals surface area contributed by atoms with Gasteiger partial charge in [0, 0.05) is 18.8 Å². The number of benzene rings is 1. The van der Waals surface area contributed by atoms with Crippen molar-refractivity contribution in [2.24, 2.45) is 0 Å². The molecule has 1 aliphatic heterocycles. The normalized spacial score (nSPS) is 29.6. The lowest BCUT2D eigenvalue weighted by Gasteiger charge is -2.52. The van der Waals surface area contributed by atoms with Crippen molar-refractivity contribution in [1.82, 2.24) is 5.32 Å². The number of nitrogens with one attached hydrogen (secondary N) is 1. The zero-order chi connectivity index (χ0) is 16.6. The largest absolute Gasteiger partial charge is 0.375 e. The SMILES string of the molecule is CCO[C@@H]1C[C@@H](NC(=O)c2cc(F)c(F)c(F)c2)[C@]12CCCO2. The van der Waals surface area contributed by atoms with Gasteiger partial charge in [-0.3, -0.25) is 4.79 Å². The maximum atomic E-state index is 13.3. The van der Waals surface area contributed by atoms with Gasteiger partial charge in [0.15, 0.2) is 17.5 Å². The van der Waals surface area contributed by atoms with E-state index < -0.39 is 29.0 Å². The second-order valence-electron chi connectivity index (χ2n) is 5.87. The van der Waals surface area contributed by atoms with Crippen LogP contribution < -0.4 is 5.32 Å². The molecule has 1 saturated heterocycles. The summed E-state index contributed by atoms with van der Waals surface area (Å²) in [7, 11) is 0. The topological polar surface area (TPSA) is 47.6 Å². The second kappa shape index (κ2) is 6.13. The monoisotopic (exact) mass is 329 g/mol. The molecule has 1 N–H and O–H groups in total. The van der Waals surface area contributed by atoms with Gasteiger partial charge in [0.1, 0.15) is 5.60 Å². The number of rotatable bonds is 4. The molecule has 2 fully saturated rings. The van der Waals surface area contributed by atoms with Crippen molar-refractivity contribution in [3.63, 3.8) is 0 Å². The number of hydrogen-bond donors (Lipinski definition) is 1. The van der Waals surface area contributed by atoms with E-state index >= 15 is 0 Å². The first-order valence-corrected chi connectivity index (χ1v) is 7.69. The second-order valence-corrected chi connectivity index (χ2v) is 5.87. The molecular weight excluding hydrogens is 311 g/mol. The van der Waals surface area contributed by atoms with Crippen molar-refractivity contribution < 1.29 is 27.4 Å². The van der Waals surface area contributed by atoms with Gasteiger partial charge in [-0.05, 0) is 38.3 Å². The van der Waals surface area contributed by atoms with Crippen LogP contribution in [0.5, 0.6) is 0 Å². The number of halogens is 3. The van der Waals surface area contributed by atoms with Crippen LogP contribution in [0.15, 0.2) is 12.1 Å². The highest BCUT2D eigenvalue weighted by Crippen LogP contribution is 2.45. The summed E-state index contributed by atoms with van der Waals surface area (Å²) in [5.74, 6) is -5.01. The van der Waals surface area contributed by atoms with E-state index in [1.54, 1.807) is 0 Å². The smallest absolute Gasteiger partial charge is 0.251 e. The van der Waals surface area contributed by atoms with E-state index in [1.165, 1.54) is 0 Å². The van der Waals surface area contributed by atoms with E-state index in [1.807, 2.05) is 6.92 Å². The highest BCUT2D eigenvalue weighted by Gasteiger charge is 2.59. The summed E-state index contributed by atoms with van der Waals surface area (Å²) in [5.41, 5.74) is -0.822. The van der Waals surface area contributed by atoms with Crippen molar-refractivity contribution in [2.45, 2.75) is 43.9 Å². The van der Waals surface area contributed by atoms with Crippen LogP contribution >= 0.6 is 0 Å². The van der Waals surface area contributed by atoms with E-state index in [0.29, 0.717) is 31.8 Å². The molecule has 0 unspecified atom stereocenters. The van der Waals surface area contributed by atoms with Gasteiger partial charge in [0.2, 0.25) is 0 Å². The Hall–Kier alpha value is -1.60. The Morgan fingerprint density at radius 1 is 1.39 bits per heavy atom. The Labute approximate surface area is 132 Å². The molecule has 23 heavy (non-hydrogen) atoms. The molecule has 2 aliphatic rings. The molecule has 1 aromatic carbocycles. The van der Waals surface area contributed by atoms with Crippen LogP contribution in [0.4, 0.5) is 13.2 Å². The number of hydrogen-bond acceptors (Lipinski definition) is 3. The summed E-state index contributed by atoms with van der Waals surface area (Å²) in [5, 5.41) is 2.73. The van der Waals surface area contributed by atoms with E-state index in [-0.39, 0.29) is 17.7 Å². The quantitative estimate of drug-likeness (QED) is 0.864. The first-order chi connectivity index (χ1) is 11.0. The number of carbonyl (C=O) groups excluding carboxylic acids is 1. The van der Waals surface area contributed by atoms with Gasteiger partial charge in [0.25, 0.3) is 5.91 Å². The van der Waals surface area contributed by atoms with Crippen LogP contribution in [0.2, 0.25) is 0 Å². The lowest BCUT2D eigenvalue weighted by molar-refractivity contribution is -0.194. The number of carbonyl (C=O) groups is 1. The predicted octanol–water partition coefficient (Wildman–Crippen LogP) is 2.56. The number of amides is 1. The Bertz CT molecular complexity index is 594. The fraction of sp³-hybridized carbons (Fsp3) is 0.562. The zero-order valence-corrected chi connectivity index (χ0v) is 12.7. The lowest BCUT2D eigenvalue weighted by Crippen LogP contribution is -2.69. The summed E-state index contributed by atoms with van der Waals surface area (Å²) < 4.78 is 50.9. The van der Waals surface area contributed by atoms with Gasteiger partial charge < -0.3 is 14.8 Å². The van der Waals surface area contributed by atoms with Crippen LogP contribution in [0.3, 0.4) is 0 Å². The average Bonchev–Trinajstić information content (AvgIpc) is 3.03. The molecule has 1 aromatic rings. The van der Waals surface area contributed by atoms with Gasteiger partial charge in [-0.15, -0.1) is 0 Å². The van der Waals surface area contributed by atoms with E-state index in [9.17, 15) is 18.0 Å². The van der Waals surface area contributed by atoms with Gasteiger partial charge in [-0.2, -0.15) is 0 Å². The summed E-state index contributed by atoms with van der Waals surface area (Å²) in [6.45, 7) is 3.03. The first-order valence-electron chi connectivity index (χ1n) is 7.69. The third kappa shape index (κ3) is 2.72. The molecular formula is C16H18F3NO3. The molecule has 3 rings (SSSR count). The summed E-state index contributed by atoms with van der Waals surface area (Å²) in [6, 6.07) is 1.09. The maximum absolute atomic E-state index is 13.3. The van der Waals surface area contributed by atoms with Crippen LogP contribution in [0, 0.1) is 17.5 Å². The lowest BCUT2D eigenvalue weighted by atomic mass is 9.70. The van der Waals surface area contributed by atoms with E-state index in [4.69, 9.17) is 9.47 Å². The fourth-order valence-corrected chi connectivity index (χ4v) is 3.41. The van der Waals surface area contributed by atoms with Crippen LogP contribution in [0.1, 0.15) is 36.5 Å². The number of ether oxygens (including phenoxy) is 2. The summed E-state index contributed by atoms with van der Waals surface area (Å²) in [6.07, 6.45) is 2.11. The van der Waals surface area contributed by atoms with Gasteiger partial charge in [0.05, 0.1) is 12.1 Å². The van der Waals surface area contributed by atoms with Crippen molar-refractivity contribution in [3.8, 4) is 0 Å². The standard InChI is InChI=1S/C16H18F3NO3/c1-2-22-13-8-12(16(13)4-3-5-23-16)20-15(21)9-6-10(17)14(19)11(18)7-9/h6-7,12-13H,2-5,8H2,1H3,(H,20,21)/t12-,13-,16-/m1/s1. The molecule has 3 atom stereocenters. The maximum Gasteiger partial charge on any atom is 0.251 e. The Balaban J connectivity index is 1.73. The molecule has 126 valence electrons. The Kier molecular flexibility index (Phi) is 4.33. The van der Waals surface area contributed by atoms with Crippen LogP contribution in [-0.2, 0) is 9.47 Å². The fourth-order valence-electron chi connectivity index (χ4n) is 3.41. The minimum atomic E-state index is -1.59. The Morgan fingerprint density at radius 2 is 2.09 bits per heavy atom. The predicted molar refractivity (Wildman–Crippen MR) is 75.5 cm³/mol. The minimum Gasteiger partial charge on any atom is -0.375 e. The van der Waals surface area contributed by atoms with Crippen LogP contribution in [0.25, 0.3) is 0 Å². The van der Waals surface area contributed by atoms with Gasteiger partial charge in [-0.25, -0.2) is 13.2 Å². The Morgan fingerprint density at radius 3 is 2.65 bits per heavy atom. The molecule has 1 spiro atoms. The highest BCUT2D eigenvalue weighted by atomic mass is 19.2.